The lowest BCUT2D eigenvalue weighted by molar-refractivity contribution is 0.0699. The quantitative estimate of drug-likeness (QED) is 0.576. The van der Waals surface area contributed by atoms with Crippen molar-refractivity contribution in [1.82, 2.24) is 24.8 Å². The minimum Gasteiger partial charge on any atom is -0.486 e. The Morgan fingerprint density at radius 1 is 1.22 bits per heavy atom. The molecule has 0 atom stereocenters. The van der Waals surface area contributed by atoms with E-state index in [4.69, 9.17) is 4.74 Å². The van der Waals surface area contributed by atoms with Crippen LogP contribution in [0.2, 0.25) is 0 Å². The first-order valence-electron chi connectivity index (χ1n) is 8.35. The van der Waals surface area contributed by atoms with Gasteiger partial charge in [0.2, 0.25) is 11.5 Å². The molecular weight excluding hydrogens is 348 g/mol. The average molecular weight is 362 g/mol. The standard InChI is InChI=1S/C18H14N6O3/c1-23-7-8-27-15-13(23)9-19-24-16(21-22-17(15)24)12-6-5-10-3-2-4-11(18(25)26)14(10)20-12/h2-6,9H,7-8H2,1H3,(H,25,26). The van der Waals surface area contributed by atoms with Gasteiger partial charge in [0.05, 0.1) is 23.8 Å². The maximum Gasteiger partial charge on any atom is 0.337 e. The Bertz CT molecular complexity index is 1220. The van der Waals surface area contributed by atoms with Crippen molar-refractivity contribution in [3.63, 3.8) is 0 Å². The molecule has 4 aromatic rings. The smallest absolute Gasteiger partial charge is 0.337 e. The summed E-state index contributed by atoms with van der Waals surface area (Å²) in [5.74, 6) is 0.0243. The van der Waals surface area contributed by atoms with Gasteiger partial charge in [0, 0.05) is 12.4 Å². The number of para-hydroxylation sites is 1. The van der Waals surface area contributed by atoms with E-state index in [0.29, 0.717) is 35.0 Å². The fourth-order valence-corrected chi connectivity index (χ4v) is 3.24. The molecule has 0 radical (unpaired) electrons. The van der Waals surface area contributed by atoms with Gasteiger partial charge in [-0.2, -0.15) is 9.61 Å². The maximum atomic E-state index is 11.5. The van der Waals surface area contributed by atoms with Crippen LogP contribution in [0.4, 0.5) is 5.69 Å². The summed E-state index contributed by atoms with van der Waals surface area (Å²) in [6.45, 7) is 1.33. The predicted molar refractivity (Wildman–Crippen MR) is 97.2 cm³/mol. The molecule has 1 N–H and O–H groups in total. The second-order valence-corrected chi connectivity index (χ2v) is 6.27. The first-order valence-corrected chi connectivity index (χ1v) is 8.35. The van der Waals surface area contributed by atoms with Gasteiger partial charge >= 0.3 is 5.97 Å². The van der Waals surface area contributed by atoms with Crippen molar-refractivity contribution in [1.29, 1.82) is 0 Å². The molecule has 0 spiro atoms. The molecule has 0 bridgehead atoms. The van der Waals surface area contributed by atoms with Crippen molar-refractivity contribution in [2.75, 3.05) is 25.1 Å². The molecule has 9 nitrogen and oxygen atoms in total. The van der Waals surface area contributed by atoms with Crippen LogP contribution >= 0.6 is 0 Å². The summed E-state index contributed by atoms with van der Waals surface area (Å²) in [5.41, 5.74) is 2.38. The van der Waals surface area contributed by atoms with Gasteiger partial charge in [-0.15, -0.1) is 10.2 Å². The van der Waals surface area contributed by atoms with Crippen molar-refractivity contribution in [3.8, 4) is 17.3 Å². The Morgan fingerprint density at radius 2 is 2.11 bits per heavy atom. The topological polar surface area (TPSA) is 106 Å². The van der Waals surface area contributed by atoms with Gasteiger partial charge in [0.1, 0.15) is 18.0 Å². The third kappa shape index (κ3) is 2.28. The molecule has 27 heavy (non-hydrogen) atoms. The number of ether oxygens (including phenoxy) is 1. The second kappa shape index (κ2) is 5.63. The molecule has 4 heterocycles. The number of carboxylic acid groups (broad SMARTS) is 1. The van der Waals surface area contributed by atoms with Gasteiger partial charge in [0.25, 0.3) is 0 Å². The van der Waals surface area contributed by atoms with Crippen LogP contribution in [0.1, 0.15) is 10.4 Å². The number of carboxylic acids is 1. The van der Waals surface area contributed by atoms with Crippen molar-refractivity contribution < 1.29 is 14.6 Å². The van der Waals surface area contributed by atoms with Crippen molar-refractivity contribution in [2.24, 2.45) is 0 Å². The van der Waals surface area contributed by atoms with E-state index in [1.165, 1.54) is 6.07 Å². The number of anilines is 1. The molecular formula is C18H14N6O3. The zero-order valence-electron chi connectivity index (χ0n) is 14.3. The molecule has 0 saturated carbocycles. The molecule has 0 unspecified atom stereocenters. The highest BCUT2D eigenvalue weighted by Crippen LogP contribution is 2.34. The van der Waals surface area contributed by atoms with Crippen LogP contribution in [0.3, 0.4) is 0 Å². The first kappa shape index (κ1) is 15.5. The summed E-state index contributed by atoms with van der Waals surface area (Å²) >= 11 is 0. The Morgan fingerprint density at radius 3 is 2.96 bits per heavy atom. The largest absolute Gasteiger partial charge is 0.486 e. The number of fused-ring (bicyclic) bond motifs is 4. The van der Waals surface area contributed by atoms with Crippen LogP contribution in [0.15, 0.2) is 36.5 Å². The molecule has 1 aromatic carbocycles. The highest BCUT2D eigenvalue weighted by atomic mass is 16.5. The van der Waals surface area contributed by atoms with Crippen LogP contribution in [0.25, 0.3) is 28.1 Å². The van der Waals surface area contributed by atoms with E-state index < -0.39 is 5.97 Å². The molecule has 5 rings (SSSR count). The molecule has 1 aliphatic heterocycles. The number of likely N-dealkylation sites (N-methyl/N-ethyl adjacent to an activating group) is 1. The Labute approximate surface area is 152 Å². The van der Waals surface area contributed by atoms with Crippen LogP contribution < -0.4 is 9.64 Å². The monoisotopic (exact) mass is 362 g/mol. The van der Waals surface area contributed by atoms with E-state index in [1.807, 2.05) is 24.1 Å². The summed E-state index contributed by atoms with van der Waals surface area (Å²) in [6, 6.07) is 8.63. The Kier molecular flexibility index (Phi) is 3.23. The highest BCUT2D eigenvalue weighted by Gasteiger charge is 2.23. The summed E-state index contributed by atoms with van der Waals surface area (Å²) in [4.78, 5) is 18.1. The summed E-state index contributed by atoms with van der Waals surface area (Å²) in [7, 11) is 1.97. The maximum absolute atomic E-state index is 11.5. The van der Waals surface area contributed by atoms with Crippen LogP contribution in [-0.2, 0) is 0 Å². The van der Waals surface area contributed by atoms with Gasteiger partial charge in [-0.1, -0.05) is 18.2 Å². The molecule has 134 valence electrons. The molecule has 1 aliphatic rings. The molecule has 0 amide bonds. The molecule has 0 fully saturated rings. The Balaban J connectivity index is 1.72. The lowest BCUT2D eigenvalue weighted by atomic mass is 10.1. The van der Waals surface area contributed by atoms with Gasteiger partial charge in [-0.25, -0.2) is 9.78 Å². The number of carbonyl (C=O) groups is 1. The van der Waals surface area contributed by atoms with E-state index in [9.17, 15) is 9.90 Å². The summed E-state index contributed by atoms with van der Waals surface area (Å²) in [5, 5.41) is 23.0. The highest BCUT2D eigenvalue weighted by molar-refractivity contribution is 6.02. The second-order valence-electron chi connectivity index (χ2n) is 6.27. The van der Waals surface area contributed by atoms with E-state index in [1.54, 1.807) is 22.8 Å². The fraction of sp³-hybridized carbons (Fsp3) is 0.167. The first-order chi connectivity index (χ1) is 13.1. The molecule has 9 heteroatoms. The predicted octanol–water partition coefficient (Wildman–Crippen LogP) is 1.87. The van der Waals surface area contributed by atoms with Gasteiger partial charge in [-0.05, 0) is 12.1 Å². The number of benzene rings is 1. The molecule has 0 aliphatic carbocycles. The number of pyridine rings is 1. The minimum absolute atomic E-state index is 0.137. The molecule has 0 saturated heterocycles. The summed E-state index contributed by atoms with van der Waals surface area (Å²) < 4.78 is 7.34. The lowest BCUT2D eigenvalue weighted by Crippen LogP contribution is -2.29. The third-order valence-electron chi connectivity index (χ3n) is 4.64. The Hall–Kier alpha value is -3.75. The number of hydrogen-bond acceptors (Lipinski definition) is 7. The fourth-order valence-electron chi connectivity index (χ4n) is 3.24. The van der Waals surface area contributed by atoms with Crippen LogP contribution in [0, 0.1) is 0 Å². The van der Waals surface area contributed by atoms with Crippen LogP contribution in [0.5, 0.6) is 5.75 Å². The van der Waals surface area contributed by atoms with Gasteiger partial charge < -0.3 is 14.7 Å². The SMILES string of the molecule is CN1CCOc2c1cnn1c(-c3ccc4cccc(C(=O)O)c4n3)nnc21. The number of aromatic carboxylic acids is 1. The number of hydrogen-bond donors (Lipinski definition) is 1. The van der Waals surface area contributed by atoms with Gasteiger partial charge in [0.15, 0.2) is 5.75 Å². The van der Waals surface area contributed by atoms with Gasteiger partial charge in [-0.3, -0.25) is 0 Å². The average Bonchev–Trinajstić information content (AvgIpc) is 3.12. The van der Waals surface area contributed by atoms with Crippen LogP contribution in [-0.4, -0.2) is 56.1 Å². The third-order valence-corrected chi connectivity index (χ3v) is 4.64. The number of aromatic nitrogens is 5. The van der Waals surface area contributed by atoms with E-state index in [2.05, 4.69) is 20.3 Å². The van der Waals surface area contributed by atoms with E-state index in [0.717, 1.165) is 17.6 Å². The van der Waals surface area contributed by atoms with Crippen molar-refractivity contribution >= 4 is 28.2 Å². The zero-order valence-corrected chi connectivity index (χ0v) is 14.3. The summed E-state index contributed by atoms with van der Waals surface area (Å²) in [6.07, 6.45) is 1.71. The lowest BCUT2D eigenvalue weighted by Gasteiger charge is -2.26. The van der Waals surface area contributed by atoms with Crippen molar-refractivity contribution in [3.05, 3.63) is 42.1 Å². The zero-order chi connectivity index (χ0) is 18.5. The van der Waals surface area contributed by atoms with E-state index in [-0.39, 0.29) is 5.56 Å². The number of rotatable bonds is 2. The van der Waals surface area contributed by atoms with Crippen molar-refractivity contribution in [2.45, 2.75) is 0 Å². The number of nitrogens with zero attached hydrogens (tertiary/aromatic N) is 6. The van der Waals surface area contributed by atoms with E-state index >= 15 is 0 Å². The molecule has 3 aromatic heterocycles. The minimum atomic E-state index is -1.03. The normalized spacial score (nSPS) is 13.6.